The number of amides is 1. The summed E-state index contributed by atoms with van der Waals surface area (Å²) in [5.41, 5.74) is 4.79. The van der Waals surface area contributed by atoms with Gasteiger partial charge in [0.2, 0.25) is 0 Å². The Morgan fingerprint density at radius 3 is 2.36 bits per heavy atom. The van der Waals surface area contributed by atoms with Crippen LogP contribution < -0.4 is 15.0 Å². The van der Waals surface area contributed by atoms with Crippen molar-refractivity contribution >= 4 is 23.1 Å². The molecule has 5 rings (SSSR count). The van der Waals surface area contributed by atoms with Gasteiger partial charge in [-0.25, -0.2) is 4.39 Å². The lowest BCUT2D eigenvalue weighted by Crippen LogP contribution is -2.37. The van der Waals surface area contributed by atoms with E-state index in [2.05, 4.69) is 17.1 Å². The predicted octanol–water partition coefficient (Wildman–Crippen LogP) is 6.44. The second-order valence-electron chi connectivity index (χ2n) is 10.9. The number of para-hydroxylation sites is 2. The van der Waals surface area contributed by atoms with Gasteiger partial charge >= 0.3 is 0 Å². The first-order chi connectivity index (χ1) is 20.5. The van der Waals surface area contributed by atoms with Gasteiger partial charge in [-0.15, -0.1) is 0 Å². The van der Waals surface area contributed by atoms with Crippen molar-refractivity contribution in [3.05, 3.63) is 88.7 Å². The van der Waals surface area contributed by atoms with Crippen molar-refractivity contribution in [1.82, 2.24) is 0 Å². The first-order valence-corrected chi connectivity index (χ1v) is 14.8. The van der Waals surface area contributed by atoms with Crippen LogP contribution in [0.1, 0.15) is 64.4 Å². The van der Waals surface area contributed by atoms with Crippen LogP contribution in [0.2, 0.25) is 0 Å². The predicted molar refractivity (Wildman–Crippen MR) is 161 cm³/mol. The van der Waals surface area contributed by atoms with E-state index in [1.807, 2.05) is 36.4 Å². The lowest BCUT2D eigenvalue weighted by Gasteiger charge is -2.35. The lowest BCUT2D eigenvalue weighted by atomic mass is 9.88. The Balaban J connectivity index is 1.38. The number of halogens is 1. The molecule has 0 aliphatic carbocycles. The number of nitrogens with zero attached hydrogens (tertiary/aromatic N) is 1. The van der Waals surface area contributed by atoms with E-state index >= 15 is 0 Å². The minimum Gasteiger partial charge on any atom is -0.495 e. The Hall–Kier alpha value is -3.75. The molecule has 0 spiro atoms. The van der Waals surface area contributed by atoms with Crippen molar-refractivity contribution in [3.63, 3.8) is 0 Å². The highest BCUT2D eigenvalue weighted by molar-refractivity contribution is 6.06. The van der Waals surface area contributed by atoms with Crippen LogP contribution in [0.25, 0.3) is 0 Å². The zero-order valence-corrected chi connectivity index (χ0v) is 24.4. The SMILES string of the molecule is CCc1c(N2CCC(C(=O)c3ccc(F)cc3)CC2)ccc(C(=O)Nc2ccccc2OC)c1COC1CCOCC1. The molecule has 222 valence electrons. The van der Waals surface area contributed by atoms with Gasteiger partial charge in [0.25, 0.3) is 5.91 Å². The van der Waals surface area contributed by atoms with Crippen LogP contribution in [0.15, 0.2) is 60.7 Å². The van der Waals surface area contributed by atoms with Gasteiger partial charge in [-0.3, -0.25) is 9.59 Å². The van der Waals surface area contributed by atoms with Crippen molar-refractivity contribution in [3.8, 4) is 5.75 Å². The summed E-state index contributed by atoms with van der Waals surface area (Å²) in [5.74, 6) is 0.00886. The minimum atomic E-state index is -0.342. The van der Waals surface area contributed by atoms with Gasteiger partial charge < -0.3 is 24.4 Å². The number of hydrogen-bond donors (Lipinski definition) is 1. The maximum atomic E-state index is 13.7. The topological polar surface area (TPSA) is 77.1 Å². The fourth-order valence-electron chi connectivity index (χ4n) is 5.96. The molecule has 0 saturated carbocycles. The number of methoxy groups -OCH3 is 1. The molecule has 8 heteroatoms. The highest BCUT2D eigenvalue weighted by atomic mass is 19.1. The largest absolute Gasteiger partial charge is 0.495 e. The van der Waals surface area contributed by atoms with E-state index in [-0.39, 0.29) is 29.5 Å². The van der Waals surface area contributed by atoms with Crippen LogP contribution in [-0.2, 0) is 22.5 Å². The van der Waals surface area contributed by atoms with Crippen LogP contribution in [0, 0.1) is 11.7 Å². The molecule has 3 aromatic rings. The molecule has 2 fully saturated rings. The van der Waals surface area contributed by atoms with Gasteiger partial charge in [-0.1, -0.05) is 19.1 Å². The first-order valence-electron chi connectivity index (χ1n) is 14.8. The number of rotatable bonds is 10. The molecule has 2 saturated heterocycles. The number of ketones is 1. The van der Waals surface area contributed by atoms with Crippen molar-refractivity contribution in [2.24, 2.45) is 5.92 Å². The molecule has 0 aromatic heterocycles. The number of hydrogen-bond acceptors (Lipinski definition) is 6. The fraction of sp³-hybridized carbons (Fsp3) is 0.412. The molecule has 0 bridgehead atoms. The highest BCUT2D eigenvalue weighted by Crippen LogP contribution is 2.34. The number of nitrogens with one attached hydrogen (secondary N) is 1. The molecule has 2 aliphatic rings. The van der Waals surface area contributed by atoms with Crippen LogP contribution in [0.5, 0.6) is 5.75 Å². The average Bonchev–Trinajstić information content (AvgIpc) is 3.04. The van der Waals surface area contributed by atoms with E-state index in [1.54, 1.807) is 19.2 Å². The van der Waals surface area contributed by atoms with E-state index in [9.17, 15) is 14.0 Å². The molecule has 2 heterocycles. The highest BCUT2D eigenvalue weighted by Gasteiger charge is 2.29. The second-order valence-corrected chi connectivity index (χ2v) is 10.9. The number of Topliss-reactive ketones (excluding diaryl/α,β-unsaturated/α-hetero) is 1. The molecular weight excluding hydrogens is 535 g/mol. The summed E-state index contributed by atoms with van der Waals surface area (Å²) in [6, 6.07) is 17.1. The van der Waals surface area contributed by atoms with E-state index < -0.39 is 0 Å². The lowest BCUT2D eigenvalue weighted by molar-refractivity contribution is -0.0393. The number of carbonyl (C=O) groups excluding carboxylic acids is 2. The van der Waals surface area contributed by atoms with Gasteiger partial charge in [0.1, 0.15) is 11.6 Å². The molecule has 3 aromatic carbocycles. The number of anilines is 2. The van der Waals surface area contributed by atoms with Gasteiger partial charge in [-0.2, -0.15) is 0 Å². The summed E-state index contributed by atoms with van der Waals surface area (Å²) >= 11 is 0. The van der Waals surface area contributed by atoms with Crippen LogP contribution in [0.4, 0.5) is 15.8 Å². The summed E-state index contributed by atoms with van der Waals surface area (Å²) in [4.78, 5) is 29.0. The second kappa shape index (κ2) is 13.9. The quantitative estimate of drug-likeness (QED) is 0.281. The molecule has 2 aliphatic heterocycles. The Labute approximate surface area is 247 Å². The molecule has 1 amide bonds. The molecule has 1 N–H and O–H groups in total. The number of piperidine rings is 1. The van der Waals surface area contributed by atoms with E-state index in [0.717, 1.165) is 49.2 Å². The number of carbonyl (C=O) groups is 2. The molecule has 0 radical (unpaired) electrons. The standard InChI is InChI=1S/C34H39FN2O5/c1-3-27-29(22-42-26-16-20-41-21-17-26)28(34(39)36-30-6-4-5-7-32(30)40-2)12-13-31(27)37-18-14-24(15-19-37)33(38)23-8-10-25(35)11-9-23/h4-13,24,26H,3,14-22H2,1-2H3,(H,36,39). The van der Waals surface area contributed by atoms with Gasteiger partial charge in [-0.05, 0) is 91.8 Å². The number of ether oxygens (including phenoxy) is 3. The Bertz CT molecular complexity index is 1380. The molecule has 42 heavy (non-hydrogen) atoms. The normalized spacial score (nSPS) is 16.3. The first kappa shape index (κ1) is 29.7. The average molecular weight is 575 g/mol. The van der Waals surface area contributed by atoms with Crippen LogP contribution in [-0.4, -0.2) is 51.2 Å². The monoisotopic (exact) mass is 574 g/mol. The van der Waals surface area contributed by atoms with Gasteiger partial charge in [0, 0.05) is 49.0 Å². The summed E-state index contributed by atoms with van der Waals surface area (Å²) in [6.45, 7) is 5.23. The van der Waals surface area contributed by atoms with Crippen LogP contribution in [0.3, 0.4) is 0 Å². The Morgan fingerprint density at radius 1 is 0.952 bits per heavy atom. The third-order valence-corrected chi connectivity index (χ3v) is 8.33. The van der Waals surface area contributed by atoms with E-state index in [4.69, 9.17) is 14.2 Å². The summed E-state index contributed by atoms with van der Waals surface area (Å²) in [7, 11) is 1.58. The molecule has 0 atom stereocenters. The zero-order valence-electron chi connectivity index (χ0n) is 24.4. The summed E-state index contributed by atoms with van der Waals surface area (Å²) in [6.07, 6.45) is 3.91. The third-order valence-electron chi connectivity index (χ3n) is 8.33. The molecule has 7 nitrogen and oxygen atoms in total. The third kappa shape index (κ3) is 6.82. The molecular formula is C34H39FN2O5. The van der Waals surface area contributed by atoms with Crippen molar-refractivity contribution < 1.29 is 28.2 Å². The van der Waals surface area contributed by atoms with E-state index in [1.165, 1.54) is 12.1 Å². The van der Waals surface area contributed by atoms with Gasteiger partial charge in [0.15, 0.2) is 5.78 Å². The maximum Gasteiger partial charge on any atom is 0.256 e. The van der Waals surface area contributed by atoms with E-state index in [0.29, 0.717) is 55.2 Å². The van der Waals surface area contributed by atoms with Crippen molar-refractivity contribution in [2.45, 2.75) is 51.7 Å². The summed E-state index contributed by atoms with van der Waals surface area (Å²) < 4.78 is 30.7. The van der Waals surface area contributed by atoms with Crippen molar-refractivity contribution in [1.29, 1.82) is 0 Å². The van der Waals surface area contributed by atoms with Crippen LogP contribution >= 0.6 is 0 Å². The Morgan fingerprint density at radius 2 is 1.67 bits per heavy atom. The zero-order chi connectivity index (χ0) is 29.5. The minimum absolute atomic E-state index is 0.0688. The van der Waals surface area contributed by atoms with Crippen molar-refractivity contribution in [2.75, 3.05) is 43.6 Å². The fourth-order valence-corrected chi connectivity index (χ4v) is 5.96. The van der Waals surface area contributed by atoms with Gasteiger partial charge in [0.05, 0.1) is 25.5 Å². The number of benzene rings is 3. The maximum absolute atomic E-state index is 13.7. The molecule has 0 unspecified atom stereocenters. The smallest absolute Gasteiger partial charge is 0.256 e. The summed E-state index contributed by atoms with van der Waals surface area (Å²) in [5, 5.41) is 3.03. The Kier molecular flexibility index (Phi) is 9.87.